The number of unbranched alkanes of at least 4 members (excludes halogenated alkanes) is 1. The smallest absolute Gasteiger partial charge is 0.273 e. The highest BCUT2D eigenvalue weighted by Gasteiger charge is 2.21. The van der Waals surface area contributed by atoms with E-state index in [-0.39, 0.29) is 24.1 Å². The van der Waals surface area contributed by atoms with Crippen molar-refractivity contribution < 1.29 is 14.0 Å². The fourth-order valence-corrected chi connectivity index (χ4v) is 3.08. The van der Waals surface area contributed by atoms with Crippen LogP contribution in [0.1, 0.15) is 79.8 Å². The lowest BCUT2D eigenvalue weighted by molar-refractivity contribution is 0.0706. The molecule has 0 aliphatic heterocycles. The Labute approximate surface area is 180 Å². The molecule has 2 aromatic rings. The van der Waals surface area contributed by atoms with Crippen LogP contribution in [0, 0.1) is 11.8 Å². The summed E-state index contributed by atoms with van der Waals surface area (Å²) in [5.74, 6) is 0.686. The summed E-state index contributed by atoms with van der Waals surface area (Å²) in [6.07, 6.45) is 4.67. The number of amides is 2. The molecule has 0 atom stereocenters. The number of hydrogen-bond donors (Lipinski definition) is 1. The van der Waals surface area contributed by atoms with Gasteiger partial charge in [-0.05, 0) is 42.4 Å². The van der Waals surface area contributed by atoms with Crippen molar-refractivity contribution in [2.45, 2.75) is 60.4 Å². The lowest BCUT2D eigenvalue weighted by Gasteiger charge is -2.23. The summed E-state index contributed by atoms with van der Waals surface area (Å²) in [7, 11) is 0. The number of benzene rings is 1. The largest absolute Gasteiger partial charge is 0.446 e. The Morgan fingerprint density at radius 2 is 1.80 bits per heavy atom. The van der Waals surface area contributed by atoms with Crippen molar-refractivity contribution in [3.8, 4) is 0 Å². The fraction of sp³-hybridized carbons (Fsp3) is 0.542. The SMILES string of the molecule is CCCCc1ccc(C(=O)N(Cc2nc(C(=O)NCC(C)C)co2)CC(C)C)cc1. The van der Waals surface area contributed by atoms with E-state index in [0.29, 0.717) is 36.4 Å². The molecule has 0 saturated carbocycles. The van der Waals surface area contributed by atoms with Gasteiger partial charge in [-0.25, -0.2) is 4.98 Å². The molecule has 1 heterocycles. The first-order valence-corrected chi connectivity index (χ1v) is 10.9. The predicted octanol–water partition coefficient (Wildman–Crippen LogP) is 4.70. The number of hydrogen-bond acceptors (Lipinski definition) is 4. The monoisotopic (exact) mass is 413 g/mol. The van der Waals surface area contributed by atoms with E-state index in [1.165, 1.54) is 11.8 Å². The van der Waals surface area contributed by atoms with Crippen LogP contribution in [0.5, 0.6) is 0 Å². The average Bonchev–Trinajstić information content (AvgIpc) is 3.18. The van der Waals surface area contributed by atoms with E-state index in [1.807, 2.05) is 38.1 Å². The average molecular weight is 414 g/mol. The zero-order chi connectivity index (χ0) is 22.1. The van der Waals surface area contributed by atoms with Crippen molar-refractivity contribution in [2.75, 3.05) is 13.1 Å². The molecule has 0 unspecified atom stereocenters. The molecule has 2 rings (SSSR count). The van der Waals surface area contributed by atoms with Gasteiger partial charge in [-0.1, -0.05) is 53.2 Å². The molecule has 0 fully saturated rings. The van der Waals surface area contributed by atoms with Gasteiger partial charge in [-0.2, -0.15) is 0 Å². The highest BCUT2D eigenvalue weighted by atomic mass is 16.3. The molecule has 0 bridgehead atoms. The van der Waals surface area contributed by atoms with E-state index >= 15 is 0 Å². The van der Waals surface area contributed by atoms with Crippen LogP contribution < -0.4 is 5.32 Å². The maximum atomic E-state index is 13.1. The van der Waals surface area contributed by atoms with Crippen molar-refractivity contribution in [3.05, 3.63) is 53.2 Å². The maximum Gasteiger partial charge on any atom is 0.273 e. The molecule has 0 aliphatic rings. The topological polar surface area (TPSA) is 75.4 Å². The van der Waals surface area contributed by atoms with Crippen LogP contribution in [0.3, 0.4) is 0 Å². The van der Waals surface area contributed by atoms with E-state index in [1.54, 1.807) is 4.90 Å². The van der Waals surface area contributed by atoms with E-state index in [0.717, 1.165) is 19.3 Å². The molecule has 1 aromatic carbocycles. The van der Waals surface area contributed by atoms with Gasteiger partial charge < -0.3 is 14.6 Å². The molecule has 164 valence electrons. The van der Waals surface area contributed by atoms with Crippen molar-refractivity contribution in [3.63, 3.8) is 0 Å². The normalized spacial score (nSPS) is 11.2. The van der Waals surface area contributed by atoms with Gasteiger partial charge in [0.1, 0.15) is 6.26 Å². The molecule has 0 spiro atoms. The Balaban J connectivity index is 2.08. The minimum atomic E-state index is -0.261. The summed E-state index contributed by atoms with van der Waals surface area (Å²) in [6.45, 7) is 11.7. The number of nitrogens with zero attached hydrogens (tertiary/aromatic N) is 2. The van der Waals surface area contributed by atoms with Gasteiger partial charge in [0.25, 0.3) is 11.8 Å². The number of aryl methyl sites for hydroxylation is 1. The van der Waals surface area contributed by atoms with Crippen LogP contribution in [-0.4, -0.2) is 34.8 Å². The summed E-state index contributed by atoms with van der Waals surface area (Å²) in [4.78, 5) is 31.3. The molecular weight excluding hydrogens is 378 g/mol. The second-order valence-electron chi connectivity index (χ2n) is 8.61. The molecular formula is C24H35N3O3. The Kier molecular flexibility index (Phi) is 9.09. The molecule has 0 radical (unpaired) electrons. The first-order chi connectivity index (χ1) is 14.3. The fourth-order valence-electron chi connectivity index (χ4n) is 3.08. The zero-order valence-electron chi connectivity index (χ0n) is 18.9. The summed E-state index contributed by atoms with van der Waals surface area (Å²) >= 11 is 0. The van der Waals surface area contributed by atoms with Crippen LogP contribution in [0.4, 0.5) is 0 Å². The Morgan fingerprint density at radius 1 is 1.10 bits per heavy atom. The Morgan fingerprint density at radius 3 is 2.40 bits per heavy atom. The van der Waals surface area contributed by atoms with E-state index in [9.17, 15) is 9.59 Å². The standard InChI is InChI=1S/C24H35N3O3/c1-6-7-8-19-9-11-20(12-10-19)24(29)27(14-18(4)5)15-22-26-21(16-30-22)23(28)25-13-17(2)3/h9-12,16-18H,6-8,13-15H2,1-5H3,(H,25,28). The van der Waals surface area contributed by atoms with Crippen molar-refractivity contribution in [1.82, 2.24) is 15.2 Å². The van der Waals surface area contributed by atoms with E-state index in [4.69, 9.17) is 4.42 Å². The minimum absolute atomic E-state index is 0.0604. The quantitative estimate of drug-likeness (QED) is 0.579. The molecule has 1 N–H and O–H groups in total. The van der Waals surface area contributed by atoms with Gasteiger partial charge in [0.15, 0.2) is 5.69 Å². The summed E-state index contributed by atoms with van der Waals surface area (Å²) in [5, 5.41) is 2.82. The van der Waals surface area contributed by atoms with Crippen LogP contribution in [0.15, 0.2) is 34.9 Å². The summed E-state index contributed by atoms with van der Waals surface area (Å²) in [6, 6.07) is 7.83. The second-order valence-corrected chi connectivity index (χ2v) is 8.61. The minimum Gasteiger partial charge on any atom is -0.446 e. The maximum absolute atomic E-state index is 13.1. The van der Waals surface area contributed by atoms with Gasteiger partial charge in [0.05, 0.1) is 6.54 Å². The van der Waals surface area contributed by atoms with Crippen molar-refractivity contribution in [1.29, 1.82) is 0 Å². The number of nitrogens with one attached hydrogen (secondary N) is 1. The van der Waals surface area contributed by atoms with Crippen LogP contribution in [-0.2, 0) is 13.0 Å². The highest BCUT2D eigenvalue weighted by Crippen LogP contribution is 2.15. The number of carbonyl (C=O) groups excluding carboxylic acids is 2. The van der Waals surface area contributed by atoms with Gasteiger partial charge >= 0.3 is 0 Å². The molecule has 0 saturated heterocycles. The number of oxazole rings is 1. The third-order valence-electron chi connectivity index (χ3n) is 4.67. The molecule has 1 aromatic heterocycles. The Hall–Kier alpha value is -2.63. The van der Waals surface area contributed by atoms with Crippen molar-refractivity contribution in [2.24, 2.45) is 11.8 Å². The van der Waals surface area contributed by atoms with Crippen LogP contribution >= 0.6 is 0 Å². The zero-order valence-corrected chi connectivity index (χ0v) is 18.9. The molecule has 2 amide bonds. The van der Waals surface area contributed by atoms with E-state index in [2.05, 4.69) is 31.1 Å². The third kappa shape index (κ3) is 7.32. The van der Waals surface area contributed by atoms with Gasteiger partial charge in [0, 0.05) is 18.7 Å². The van der Waals surface area contributed by atoms with Crippen LogP contribution in [0.25, 0.3) is 0 Å². The third-order valence-corrected chi connectivity index (χ3v) is 4.67. The number of rotatable bonds is 11. The Bertz CT molecular complexity index is 809. The number of carbonyl (C=O) groups is 2. The second kappa shape index (κ2) is 11.5. The lowest BCUT2D eigenvalue weighted by atomic mass is 10.1. The molecule has 0 aliphatic carbocycles. The van der Waals surface area contributed by atoms with Gasteiger partial charge in [-0.15, -0.1) is 0 Å². The van der Waals surface area contributed by atoms with E-state index < -0.39 is 0 Å². The summed E-state index contributed by atoms with van der Waals surface area (Å²) in [5.41, 5.74) is 2.13. The van der Waals surface area contributed by atoms with Crippen molar-refractivity contribution >= 4 is 11.8 Å². The summed E-state index contributed by atoms with van der Waals surface area (Å²) < 4.78 is 5.49. The molecule has 30 heavy (non-hydrogen) atoms. The first-order valence-electron chi connectivity index (χ1n) is 10.9. The lowest BCUT2D eigenvalue weighted by Crippen LogP contribution is -2.34. The highest BCUT2D eigenvalue weighted by molar-refractivity contribution is 5.94. The molecule has 6 heteroatoms. The number of aromatic nitrogens is 1. The molecule has 6 nitrogen and oxygen atoms in total. The van der Waals surface area contributed by atoms with Gasteiger partial charge in [0.2, 0.25) is 5.89 Å². The van der Waals surface area contributed by atoms with Gasteiger partial charge in [-0.3, -0.25) is 9.59 Å². The first kappa shape index (κ1) is 23.6. The van der Waals surface area contributed by atoms with Crippen LogP contribution in [0.2, 0.25) is 0 Å². The predicted molar refractivity (Wildman–Crippen MR) is 118 cm³/mol.